The number of carboxylic acid groups (broad SMARTS) is 1. The van der Waals surface area contributed by atoms with Crippen molar-refractivity contribution < 1.29 is 23.8 Å². The molecule has 0 bridgehead atoms. The largest absolute Gasteiger partial charge is 0.478 e. The number of ether oxygens (including phenoxy) is 1. The number of hydrogen-bond donors (Lipinski definition) is 1. The number of amides is 1. The molecule has 0 aliphatic carbocycles. The number of benzene rings is 1. The normalized spacial score (nSPS) is 11.8. The fourth-order valence-electron chi connectivity index (χ4n) is 2.56. The number of carboxylic acids is 1. The highest BCUT2D eigenvalue weighted by atomic mass is 19.1. The van der Waals surface area contributed by atoms with Crippen molar-refractivity contribution in [1.82, 2.24) is 9.88 Å². The van der Waals surface area contributed by atoms with Crippen LogP contribution in [0.1, 0.15) is 37.9 Å². The molecule has 25 heavy (non-hydrogen) atoms. The minimum absolute atomic E-state index is 0.0238. The number of rotatable bonds is 6. The van der Waals surface area contributed by atoms with Gasteiger partial charge in [0.1, 0.15) is 5.82 Å². The van der Waals surface area contributed by atoms with Gasteiger partial charge in [-0.25, -0.2) is 9.18 Å². The number of pyridine rings is 1. The molecule has 0 saturated carbocycles. The quantitative estimate of drug-likeness (QED) is 0.870. The van der Waals surface area contributed by atoms with E-state index in [0.717, 1.165) is 0 Å². The van der Waals surface area contributed by atoms with Crippen LogP contribution < -0.4 is 0 Å². The van der Waals surface area contributed by atoms with Crippen LogP contribution in [0.3, 0.4) is 0 Å². The van der Waals surface area contributed by atoms with E-state index in [0.29, 0.717) is 11.1 Å². The van der Waals surface area contributed by atoms with Gasteiger partial charge in [-0.3, -0.25) is 9.78 Å². The Bertz CT molecular complexity index is 777. The van der Waals surface area contributed by atoms with Gasteiger partial charge in [0.2, 0.25) is 0 Å². The molecule has 0 saturated heterocycles. The summed E-state index contributed by atoms with van der Waals surface area (Å²) in [4.78, 5) is 29.4. The SMILES string of the molecule is COCC(c1ccc(F)cc1)N(C)C(=O)c1cncc(C(=O)O)c1C. The van der Waals surface area contributed by atoms with Crippen LogP contribution in [-0.2, 0) is 4.74 Å². The van der Waals surface area contributed by atoms with Gasteiger partial charge in [0, 0.05) is 26.6 Å². The second kappa shape index (κ2) is 7.85. The summed E-state index contributed by atoms with van der Waals surface area (Å²) < 4.78 is 18.3. The van der Waals surface area contributed by atoms with Crippen LogP contribution in [0.2, 0.25) is 0 Å². The standard InChI is InChI=1S/C18H19FN2O4/c1-11-14(8-20-9-15(11)18(23)24)17(22)21(2)16(10-25-3)12-4-6-13(19)7-5-12/h4-9,16H,10H2,1-3H3,(H,23,24). The molecule has 1 aromatic carbocycles. The minimum atomic E-state index is -1.14. The van der Waals surface area contributed by atoms with E-state index in [9.17, 15) is 19.1 Å². The number of nitrogens with zero attached hydrogens (tertiary/aromatic N) is 2. The van der Waals surface area contributed by atoms with Gasteiger partial charge < -0.3 is 14.7 Å². The third-order valence-electron chi connectivity index (χ3n) is 4.04. The Morgan fingerprint density at radius 3 is 2.40 bits per heavy atom. The molecule has 1 heterocycles. The Labute approximate surface area is 144 Å². The lowest BCUT2D eigenvalue weighted by Crippen LogP contribution is -2.34. The highest BCUT2D eigenvalue weighted by Gasteiger charge is 2.25. The number of carbonyl (C=O) groups is 2. The Kier molecular flexibility index (Phi) is 5.82. The van der Waals surface area contributed by atoms with Crippen LogP contribution in [0.25, 0.3) is 0 Å². The van der Waals surface area contributed by atoms with E-state index in [4.69, 9.17) is 4.74 Å². The van der Waals surface area contributed by atoms with Gasteiger partial charge in [-0.2, -0.15) is 0 Å². The molecule has 6 nitrogen and oxygen atoms in total. The number of carbonyl (C=O) groups excluding carboxylic acids is 1. The van der Waals surface area contributed by atoms with Gasteiger partial charge in [-0.15, -0.1) is 0 Å². The van der Waals surface area contributed by atoms with E-state index in [1.807, 2.05) is 0 Å². The van der Waals surface area contributed by atoms with Crippen molar-refractivity contribution >= 4 is 11.9 Å². The average molecular weight is 346 g/mol. The predicted molar refractivity (Wildman–Crippen MR) is 89.0 cm³/mol. The zero-order chi connectivity index (χ0) is 18.6. The maximum Gasteiger partial charge on any atom is 0.337 e. The molecule has 2 aromatic rings. The summed E-state index contributed by atoms with van der Waals surface area (Å²) in [5.74, 6) is -1.91. The summed E-state index contributed by atoms with van der Waals surface area (Å²) in [6.45, 7) is 1.77. The van der Waals surface area contributed by atoms with Gasteiger partial charge in [-0.1, -0.05) is 12.1 Å². The summed E-state index contributed by atoms with van der Waals surface area (Å²) >= 11 is 0. The van der Waals surface area contributed by atoms with Crippen molar-refractivity contribution in [1.29, 1.82) is 0 Å². The average Bonchev–Trinajstić information content (AvgIpc) is 2.59. The fraction of sp³-hybridized carbons (Fsp3) is 0.278. The van der Waals surface area contributed by atoms with E-state index in [-0.39, 0.29) is 29.5 Å². The maximum atomic E-state index is 13.2. The molecule has 7 heteroatoms. The van der Waals surface area contributed by atoms with Gasteiger partial charge in [0.05, 0.1) is 23.8 Å². The molecule has 1 atom stereocenters. The molecular weight excluding hydrogens is 327 g/mol. The summed E-state index contributed by atoms with van der Waals surface area (Å²) in [6, 6.07) is 5.34. The third kappa shape index (κ3) is 4.00. The number of aromatic carboxylic acids is 1. The number of hydrogen-bond acceptors (Lipinski definition) is 4. The smallest absolute Gasteiger partial charge is 0.337 e. The van der Waals surface area contributed by atoms with Crippen molar-refractivity contribution in [2.45, 2.75) is 13.0 Å². The van der Waals surface area contributed by atoms with Crippen molar-refractivity contribution in [2.75, 3.05) is 20.8 Å². The van der Waals surface area contributed by atoms with E-state index in [2.05, 4.69) is 4.98 Å². The first-order valence-electron chi connectivity index (χ1n) is 7.56. The Balaban J connectivity index is 2.37. The summed E-state index contributed by atoms with van der Waals surface area (Å²) in [5, 5.41) is 9.19. The van der Waals surface area contributed by atoms with Gasteiger partial charge in [-0.05, 0) is 30.2 Å². The molecule has 1 amide bonds. The number of likely N-dealkylation sites (N-methyl/N-ethyl adjacent to an activating group) is 1. The number of halogens is 1. The lowest BCUT2D eigenvalue weighted by molar-refractivity contribution is 0.0601. The Morgan fingerprint density at radius 1 is 1.24 bits per heavy atom. The first kappa shape index (κ1) is 18.5. The van der Waals surface area contributed by atoms with Crippen LogP contribution in [0.5, 0.6) is 0 Å². The molecule has 0 fully saturated rings. The third-order valence-corrected chi connectivity index (χ3v) is 4.04. The molecule has 0 aliphatic rings. The molecule has 1 unspecified atom stereocenters. The van der Waals surface area contributed by atoms with Crippen molar-refractivity contribution in [3.63, 3.8) is 0 Å². The van der Waals surface area contributed by atoms with Gasteiger partial charge in [0.25, 0.3) is 5.91 Å². The second-order valence-electron chi connectivity index (χ2n) is 5.60. The second-order valence-corrected chi connectivity index (χ2v) is 5.60. The fourth-order valence-corrected chi connectivity index (χ4v) is 2.56. The topological polar surface area (TPSA) is 79.7 Å². The molecule has 0 radical (unpaired) electrons. The molecular formula is C18H19FN2O4. The van der Waals surface area contributed by atoms with Crippen LogP contribution in [0.15, 0.2) is 36.7 Å². The Morgan fingerprint density at radius 2 is 1.84 bits per heavy atom. The van der Waals surface area contributed by atoms with Crippen molar-refractivity contribution in [2.24, 2.45) is 0 Å². The first-order chi connectivity index (χ1) is 11.9. The summed E-state index contributed by atoms with van der Waals surface area (Å²) in [6.07, 6.45) is 2.55. The predicted octanol–water partition coefficient (Wildman–Crippen LogP) is 2.69. The number of aromatic nitrogens is 1. The Hall–Kier alpha value is -2.80. The lowest BCUT2D eigenvalue weighted by Gasteiger charge is -2.28. The maximum absolute atomic E-state index is 13.2. The molecule has 0 spiro atoms. The summed E-state index contributed by atoms with van der Waals surface area (Å²) in [7, 11) is 3.09. The van der Waals surface area contributed by atoms with E-state index in [1.165, 1.54) is 36.5 Å². The van der Waals surface area contributed by atoms with E-state index < -0.39 is 12.0 Å². The zero-order valence-corrected chi connectivity index (χ0v) is 14.2. The van der Waals surface area contributed by atoms with Gasteiger partial charge in [0.15, 0.2) is 0 Å². The monoisotopic (exact) mass is 346 g/mol. The van der Waals surface area contributed by atoms with Crippen molar-refractivity contribution in [3.05, 3.63) is 64.7 Å². The van der Waals surface area contributed by atoms with Crippen molar-refractivity contribution in [3.8, 4) is 0 Å². The minimum Gasteiger partial charge on any atom is -0.478 e. The highest BCUT2D eigenvalue weighted by molar-refractivity contribution is 5.99. The first-order valence-corrected chi connectivity index (χ1v) is 7.56. The van der Waals surface area contributed by atoms with E-state index in [1.54, 1.807) is 26.1 Å². The lowest BCUT2D eigenvalue weighted by atomic mass is 10.0. The van der Waals surface area contributed by atoms with Gasteiger partial charge >= 0.3 is 5.97 Å². The van der Waals surface area contributed by atoms with Crippen LogP contribution in [0, 0.1) is 12.7 Å². The summed E-state index contributed by atoms with van der Waals surface area (Å²) in [5.41, 5.74) is 1.23. The molecule has 1 N–H and O–H groups in total. The number of methoxy groups -OCH3 is 1. The molecule has 1 aromatic heterocycles. The van der Waals surface area contributed by atoms with Crippen LogP contribution in [0.4, 0.5) is 4.39 Å². The zero-order valence-electron chi connectivity index (χ0n) is 14.2. The molecule has 0 aliphatic heterocycles. The van der Waals surface area contributed by atoms with Crippen LogP contribution in [-0.4, -0.2) is 47.6 Å². The highest BCUT2D eigenvalue weighted by Crippen LogP contribution is 2.23. The molecule has 132 valence electrons. The van der Waals surface area contributed by atoms with E-state index >= 15 is 0 Å². The van der Waals surface area contributed by atoms with Crippen LogP contribution >= 0.6 is 0 Å². The molecule has 2 rings (SSSR count).